The minimum atomic E-state index is -0.165. The van der Waals surface area contributed by atoms with Crippen molar-refractivity contribution >= 4 is 22.8 Å². The SMILES string of the molecule is Cc1ccc2nc([C@H](C)NC(=O)C3CCN(C(=O)C4CC4)CC3)[nH]c2c1. The van der Waals surface area contributed by atoms with Gasteiger partial charge in [-0.1, -0.05) is 6.07 Å². The highest BCUT2D eigenvalue weighted by atomic mass is 16.2. The van der Waals surface area contributed by atoms with Gasteiger partial charge in [-0.15, -0.1) is 0 Å². The summed E-state index contributed by atoms with van der Waals surface area (Å²) >= 11 is 0. The van der Waals surface area contributed by atoms with E-state index >= 15 is 0 Å². The van der Waals surface area contributed by atoms with Gasteiger partial charge in [-0.2, -0.15) is 0 Å². The third-order valence-electron chi connectivity index (χ3n) is 5.53. The van der Waals surface area contributed by atoms with Crippen LogP contribution in [0, 0.1) is 18.8 Å². The van der Waals surface area contributed by atoms with Gasteiger partial charge in [0.25, 0.3) is 0 Å². The molecule has 4 rings (SSSR count). The van der Waals surface area contributed by atoms with Crippen molar-refractivity contribution in [1.82, 2.24) is 20.2 Å². The molecule has 0 spiro atoms. The zero-order valence-corrected chi connectivity index (χ0v) is 15.4. The Balaban J connectivity index is 1.34. The van der Waals surface area contributed by atoms with E-state index in [0.29, 0.717) is 13.1 Å². The highest BCUT2D eigenvalue weighted by Gasteiger charge is 2.36. The summed E-state index contributed by atoms with van der Waals surface area (Å²) in [7, 11) is 0. The predicted octanol–water partition coefficient (Wildman–Crippen LogP) is 2.70. The lowest BCUT2D eigenvalue weighted by molar-refractivity contribution is -0.136. The highest BCUT2D eigenvalue weighted by Crippen LogP contribution is 2.32. The van der Waals surface area contributed by atoms with Crippen molar-refractivity contribution in [2.24, 2.45) is 11.8 Å². The van der Waals surface area contributed by atoms with Crippen molar-refractivity contribution in [3.05, 3.63) is 29.6 Å². The van der Waals surface area contributed by atoms with E-state index < -0.39 is 0 Å². The standard InChI is InChI=1S/C20H26N4O2/c1-12-3-6-16-17(11-12)23-18(22-16)13(2)21-19(25)14-7-9-24(10-8-14)20(26)15-4-5-15/h3,6,11,13-15H,4-5,7-10H2,1-2H3,(H,21,25)(H,22,23)/t13-/m0/s1. The molecule has 1 saturated carbocycles. The molecule has 6 nitrogen and oxygen atoms in total. The van der Waals surface area contributed by atoms with Gasteiger partial charge >= 0.3 is 0 Å². The molecule has 1 aliphatic carbocycles. The van der Waals surface area contributed by atoms with E-state index in [1.165, 1.54) is 5.56 Å². The molecule has 0 radical (unpaired) electrons. The van der Waals surface area contributed by atoms with Crippen LogP contribution in [0.5, 0.6) is 0 Å². The van der Waals surface area contributed by atoms with Gasteiger partial charge in [-0.05, 0) is 57.2 Å². The number of carbonyl (C=O) groups is 2. The molecule has 2 heterocycles. The Morgan fingerprint density at radius 3 is 2.62 bits per heavy atom. The van der Waals surface area contributed by atoms with Crippen molar-refractivity contribution < 1.29 is 9.59 Å². The Labute approximate surface area is 153 Å². The van der Waals surface area contributed by atoms with Gasteiger partial charge in [0.1, 0.15) is 5.82 Å². The van der Waals surface area contributed by atoms with E-state index in [-0.39, 0.29) is 29.7 Å². The lowest BCUT2D eigenvalue weighted by Gasteiger charge is -2.32. The summed E-state index contributed by atoms with van der Waals surface area (Å²) in [5, 5.41) is 3.08. The summed E-state index contributed by atoms with van der Waals surface area (Å²) in [6, 6.07) is 5.92. The average Bonchev–Trinajstić information content (AvgIpc) is 3.40. The lowest BCUT2D eigenvalue weighted by atomic mass is 9.95. The van der Waals surface area contributed by atoms with Crippen LogP contribution < -0.4 is 5.32 Å². The number of fused-ring (bicyclic) bond motifs is 1. The second kappa shape index (κ2) is 6.74. The summed E-state index contributed by atoms with van der Waals surface area (Å²) in [6.45, 7) is 5.40. The van der Waals surface area contributed by atoms with Crippen LogP contribution in [0.15, 0.2) is 18.2 Å². The topological polar surface area (TPSA) is 78.1 Å². The highest BCUT2D eigenvalue weighted by molar-refractivity contribution is 5.82. The van der Waals surface area contributed by atoms with E-state index in [1.54, 1.807) is 0 Å². The number of H-pyrrole nitrogens is 1. The number of aryl methyl sites for hydroxylation is 1. The fourth-order valence-corrected chi connectivity index (χ4v) is 3.70. The molecule has 138 valence electrons. The second-order valence-corrected chi connectivity index (χ2v) is 7.75. The van der Waals surface area contributed by atoms with Crippen molar-refractivity contribution in [1.29, 1.82) is 0 Å². The summed E-state index contributed by atoms with van der Waals surface area (Å²) in [4.78, 5) is 34.6. The number of nitrogens with one attached hydrogen (secondary N) is 2. The maximum absolute atomic E-state index is 12.6. The summed E-state index contributed by atoms with van der Waals surface area (Å²) in [5.74, 6) is 1.37. The van der Waals surface area contributed by atoms with E-state index in [1.807, 2.05) is 30.9 Å². The number of aromatic amines is 1. The largest absolute Gasteiger partial charge is 0.346 e. The molecule has 0 bridgehead atoms. The van der Waals surface area contributed by atoms with Gasteiger partial charge in [0.05, 0.1) is 17.1 Å². The van der Waals surface area contributed by atoms with Crippen LogP contribution in [0.3, 0.4) is 0 Å². The molecule has 2 amide bonds. The minimum Gasteiger partial charge on any atom is -0.346 e. The smallest absolute Gasteiger partial charge is 0.225 e. The molecule has 2 aromatic rings. The first kappa shape index (κ1) is 17.1. The maximum atomic E-state index is 12.6. The fraction of sp³-hybridized carbons (Fsp3) is 0.550. The predicted molar refractivity (Wildman–Crippen MR) is 99.4 cm³/mol. The Kier molecular flexibility index (Phi) is 4.42. The Hall–Kier alpha value is -2.37. The molecular formula is C20H26N4O2. The monoisotopic (exact) mass is 354 g/mol. The number of likely N-dealkylation sites (tertiary alicyclic amines) is 1. The van der Waals surface area contributed by atoms with Crippen LogP contribution in [0.1, 0.15) is 50.0 Å². The van der Waals surface area contributed by atoms with E-state index in [2.05, 4.69) is 21.4 Å². The van der Waals surface area contributed by atoms with Crippen LogP contribution in [0.25, 0.3) is 11.0 Å². The molecule has 2 N–H and O–H groups in total. The molecule has 1 aromatic heterocycles. The van der Waals surface area contributed by atoms with Crippen LogP contribution in [0.4, 0.5) is 0 Å². The van der Waals surface area contributed by atoms with E-state index in [9.17, 15) is 9.59 Å². The van der Waals surface area contributed by atoms with Crippen LogP contribution in [0.2, 0.25) is 0 Å². The van der Waals surface area contributed by atoms with Gasteiger partial charge in [-0.25, -0.2) is 4.98 Å². The maximum Gasteiger partial charge on any atom is 0.225 e. The number of benzene rings is 1. The summed E-state index contributed by atoms with van der Waals surface area (Å²) in [6.07, 6.45) is 3.56. The third kappa shape index (κ3) is 3.45. The van der Waals surface area contributed by atoms with E-state index in [0.717, 1.165) is 42.5 Å². The summed E-state index contributed by atoms with van der Waals surface area (Å²) < 4.78 is 0. The van der Waals surface area contributed by atoms with Gasteiger partial charge in [-0.3, -0.25) is 9.59 Å². The number of piperidine rings is 1. The molecule has 1 saturated heterocycles. The van der Waals surface area contributed by atoms with Crippen LogP contribution in [-0.4, -0.2) is 39.8 Å². The molecule has 1 aromatic carbocycles. The van der Waals surface area contributed by atoms with Crippen molar-refractivity contribution in [2.75, 3.05) is 13.1 Å². The molecule has 2 fully saturated rings. The molecule has 6 heteroatoms. The molecule has 1 atom stereocenters. The van der Waals surface area contributed by atoms with Gasteiger partial charge < -0.3 is 15.2 Å². The van der Waals surface area contributed by atoms with Crippen molar-refractivity contribution in [2.45, 2.75) is 45.6 Å². The first-order valence-corrected chi connectivity index (χ1v) is 9.56. The second-order valence-electron chi connectivity index (χ2n) is 7.75. The normalized spacial score (nSPS) is 19.5. The van der Waals surface area contributed by atoms with Gasteiger partial charge in [0.2, 0.25) is 11.8 Å². The minimum absolute atomic E-state index is 0.0210. The molecule has 2 aliphatic rings. The van der Waals surface area contributed by atoms with E-state index in [4.69, 9.17) is 0 Å². The Morgan fingerprint density at radius 1 is 1.19 bits per heavy atom. The molecule has 0 unspecified atom stereocenters. The first-order chi connectivity index (χ1) is 12.5. The molecule has 1 aliphatic heterocycles. The quantitative estimate of drug-likeness (QED) is 0.886. The van der Waals surface area contributed by atoms with Crippen LogP contribution >= 0.6 is 0 Å². The number of hydrogen-bond donors (Lipinski definition) is 2. The molecule has 26 heavy (non-hydrogen) atoms. The molecular weight excluding hydrogens is 328 g/mol. The number of aromatic nitrogens is 2. The number of rotatable bonds is 4. The third-order valence-corrected chi connectivity index (χ3v) is 5.53. The lowest BCUT2D eigenvalue weighted by Crippen LogP contribution is -2.44. The Morgan fingerprint density at radius 2 is 1.92 bits per heavy atom. The zero-order chi connectivity index (χ0) is 18.3. The van der Waals surface area contributed by atoms with Crippen molar-refractivity contribution in [3.63, 3.8) is 0 Å². The number of nitrogens with zero attached hydrogens (tertiary/aromatic N) is 2. The number of amides is 2. The number of hydrogen-bond acceptors (Lipinski definition) is 3. The number of carbonyl (C=O) groups excluding carboxylic acids is 2. The first-order valence-electron chi connectivity index (χ1n) is 9.56. The summed E-state index contributed by atoms with van der Waals surface area (Å²) in [5.41, 5.74) is 3.09. The Bertz CT molecular complexity index is 831. The average molecular weight is 354 g/mol. The zero-order valence-electron chi connectivity index (χ0n) is 15.4. The fourth-order valence-electron chi connectivity index (χ4n) is 3.70. The van der Waals surface area contributed by atoms with Gasteiger partial charge in [0.15, 0.2) is 0 Å². The van der Waals surface area contributed by atoms with Crippen molar-refractivity contribution in [3.8, 4) is 0 Å². The van der Waals surface area contributed by atoms with Gasteiger partial charge in [0, 0.05) is 24.9 Å². The number of imidazole rings is 1. The van der Waals surface area contributed by atoms with Crippen LogP contribution in [-0.2, 0) is 9.59 Å².